The van der Waals surface area contributed by atoms with Gasteiger partial charge in [-0.15, -0.1) is 0 Å². The summed E-state index contributed by atoms with van der Waals surface area (Å²) in [5.41, 5.74) is 1.49. The number of benzene rings is 2. The van der Waals surface area contributed by atoms with E-state index < -0.39 is 0 Å². The van der Waals surface area contributed by atoms with Crippen LogP contribution in [0.1, 0.15) is 5.56 Å². The van der Waals surface area contributed by atoms with Crippen molar-refractivity contribution in [2.45, 2.75) is 6.54 Å². The third-order valence-electron chi connectivity index (χ3n) is 2.76. The third kappa shape index (κ3) is 4.91. The number of amides is 1. The summed E-state index contributed by atoms with van der Waals surface area (Å²) in [6.45, 7) is 0.548. The topological polar surface area (TPSA) is 41.1 Å². The van der Waals surface area contributed by atoms with Gasteiger partial charge in [-0.05, 0) is 51.8 Å². The minimum absolute atomic E-state index is 0.143. The lowest BCUT2D eigenvalue weighted by Crippen LogP contribution is -2.28. The molecule has 1 amide bonds. The summed E-state index contributed by atoms with van der Waals surface area (Å²) < 4.78 is 14.8. The number of carbonyl (C=O) groups excluding carboxylic acids is 1. The van der Waals surface area contributed by atoms with Gasteiger partial charge >= 0.3 is 0 Å². The van der Waals surface area contributed by atoms with Crippen LogP contribution in [0.3, 0.4) is 0 Å². The lowest BCUT2D eigenvalue weighted by atomic mass is 10.2. The molecule has 0 fully saturated rings. The average Bonchev–Trinajstić information content (AvgIpc) is 2.45. The van der Waals surface area contributed by atoms with Gasteiger partial charge in [0, 0.05) is 15.5 Å². The standard InChI is InChI=1S/C15H13Br2FN2O/c16-12-6-5-11(18)7-10(12)8-19-9-15(21)20-14-4-2-1-3-13(14)17/h1-7,19H,8-9H2,(H,20,21). The molecule has 0 spiro atoms. The number of anilines is 1. The number of rotatable bonds is 5. The molecule has 6 heteroatoms. The largest absolute Gasteiger partial charge is 0.324 e. The van der Waals surface area contributed by atoms with Gasteiger partial charge in [-0.2, -0.15) is 0 Å². The van der Waals surface area contributed by atoms with Gasteiger partial charge in [-0.25, -0.2) is 4.39 Å². The number of para-hydroxylation sites is 1. The van der Waals surface area contributed by atoms with Crippen LogP contribution in [0.5, 0.6) is 0 Å². The maximum atomic E-state index is 13.1. The number of carbonyl (C=O) groups is 1. The molecule has 0 aliphatic heterocycles. The molecule has 2 aromatic rings. The third-order valence-corrected chi connectivity index (χ3v) is 4.22. The van der Waals surface area contributed by atoms with Crippen molar-refractivity contribution in [1.29, 1.82) is 0 Å². The second kappa shape index (κ2) is 7.68. The minimum Gasteiger partial charge on any atom is -0.324 e. The van der Waals surface area contributed by atoms with Gasteiger partial charge in [0.2, 0.25) is 5.91 Å². The molecule has 0 saturated carbocycles. The number of hydrogen-bond acceptors (Lipinski definition) is 2. The molecule has 21 heavy (non-hydrogen) atoms. The molecule has 0 unspecified atom stereocenters. The first kappa shape index (κ1) is 16.1. The molecule has 0 aromatic heterocycles. The van der Waals surface area contributed by atoms with Gasteiger partial charge in [0.15, 0.2) is 0 Å². The average molecular weight is 416 g/mol. The Bertz CT molecular complexity index is 649. The molecule has 0 aliphatic rings. The molecule has 0 heterocycles. The van der Waals surface area contributed by atoms with Crippen LogP contribution in [0.25, 0.3) is 0 Å². The van der Waals surface area contributed by atoms with Gasteiger partial charge in [0.1, 0.15) is 5.82 Å². The number of nitrogens with one attached hydrogen (secondary N) is 2. The highest BCUT2D eigenvalue weighted by Gasteiger charge is 2.06. The van der Waals surface area contributed by atoms with E-state index in [9.17, 15) is 9.18 Å². The normalized spacial score (nSPS) is 10.4. The van der Waals surface area contributed by atoms with Crippen LogP contribution >= 0.6 is 31.9 Å². The summed E-state index contributed by atoms with van der Waals surface area (Å²) in [6.07, 6.45) is 0. The smallest absolute Gasteiger partial charge is 0.238 e. The van der Waals surface area contributed by atoms with E-state index in [0.717, 1.165) is 20.2 Å². The Labute approximate surface area is 139 Å². The molecule has 0 bridgehead atoms. The molecule has 0 radical (unpaired) electrons. The Morgan fingerprint density at radius 2 is 1.86 bits per heavy atom. The zero-order chi connectivity index (χ0) is 15.2. The summed E-state index contributed by atoms with van der Waals surface area (Å²) in [5, 5.41) is 5.77. The van der Waals surface area contributed by atoms with Crippen molar-refractivity contribution in [2.75, 3.05) is 11.9 Å². The van der Waals surface area contributed by atoms with Crippen LogP contribution in [0.15, 0.2) is 51.4 Å². The highest BCUT2D eigenvalue weighted by Crippen LogP contribution is 2.21. The summed E-state index contributed by atoms with van der Waals surface area (Å²) in [4.78, 5) is 11.8. The Morgan fingerprint density at radius 3 is 2.62 bits per heavy atom. The van der Waals surface area contributed by atoms with Crippen LogP contribution in [-0.2, 0) is 11.3 Å². The number of hydrogen-bond donors (Lipinski definition) is 2. The van der Waals surface area contributed by atoms with E-state index in [1.54, 1.807) is 6.07 Å². The summed E-state index contributed by atoms with van der Waals surface area (Å²) >= 11 is 6.71. The monoisotopic (exact) mass is 414 g/mol. The van der Waals surface area contributed by atoms with Crippen molar-refractivity contribution in [1.82, 2.24) is 5.32 Å². The fourth-order valence-corrected chi connectivity index (χ4v) is 2.52. The van der Waals surface area contributed by atoms with E-state index in [1.165, 1.54) is 12.1 Å². The molecule has 3 nitrogen and oxygen atoms in total. The quantitative estimate of drug-likeness (QED) is 0.772. The molecule has 0 atom stereocenters. The fraction of sp³-hybridized carbons (Fsp3) is 0.133. The summed E-state index contributed by atoms with van der Waals surface area (Å²) in [7, 11) is 0. The molecule has 110 valence electrons. The zero-order valence-corrected chi connectivity index (χ0v) is 14.2. The van der Waals surface area contributed by atoms with E-state index in [-0.39, 0.29) is 18.3 Å². The molecule has 0 aliphatic carbocycles. The Balaban J connectivity index is 1.85. The molecule has 2 rings (SSSR count). The summed E-state index contributed by atoms with van der Waals surface area (Å²) in [6, 6.07) is 11.8. The number of halogens is 3. The van der Waals surface area contributed by atoms with Gasteiger partial charge in [-0.1, -0.05) is 28.1 Å². The molecule has 0 saturated heterocycles. The second-order valence-electron chi connectivity index (χ2n) is 4.37. The Kier molecular flexibility index (Phi) is 5.90. The second-order valence-corrected chi connectivity index (χ2v) is 6.08. The first-order valence-electron chi connectivity index (χ1n) is 6.25. The maximum absolute atomic E-state index is 13.1. The van der Waals surface area contributed by atoms with Gasteiger partial charge in [0.25, 0.3) is 0 Å². The first-order valence-corrected chi connectivity index (χ1v) is 7.84. The van der Waals surface area contributed by atoms with Crippen LogP contribution in [0, 0.1) is 5.82 Å². The predicted molar refractivity (Wildman–Crippen MR) is 88.6 cm³/mol. The van der Waals surface area contributed by atoms with E-state index in [1.807, 2.05) is 24.3 Å². The molecular weight excluding hydrogens is 403 g/mol. The van der Waals surface area contributed by atoms with Crippen molar-refractivity contribution < 1.29 is 9.18 Å². The van der Waals surface area contributed by atoms with Gasteiger partial charge in [0.05, 0.1) is 12.2 Å². The van der Waals surface area contributed by atoms with E-state index in [4.69, 9.17) is 0 Å². The van der Waals surface area contributed by atoms with Crippen LogP contribution in [-0.4, -0.2) is 12.5 Å². The van der Waals surface area contributed by atoms with Crippen LogP contribution in [0.4, 0.5) is 10.1 Å². The minimum atomic E-state index is -0.298. The van der Waals surface area contributed by atoms with Crippen LogP contribution < -0.4 is 10.6 Å². The van der Waals surface area contributed by atoms with Crippen molar-refractivity contribution in [3.8, 4) is 0 Å². The van der Waals surface area contributed by atoms with Crippen molar-refractivity contribution in [3.63, 3.8) is 0 Å². The molecule has 2 N–H and O–H groups in total. The van der Waals surface area contributed by atoms with E-state index >= 15 is 0 Å². The van der Waals surface area contributed by atoms with Crippen molar-refractivity contribution in [3.05, 3.63) is 62.8 Å². The van der Waals surface area contributed by atoms with Crippen molar-refractivity contribution >= 4 is 43.5 Å². The molecule has 2 aromatic carbocycles. The SMILES string of the molecule is O=C(CNCc1cc(F)ccc1Br)Nc1ccccc1Br. The Morgan fingerprint density at radius 1 is 1.10 bits per heavy atom. The lowest BCUT2D eigenvalue weighted by Gasteiger charge is -2.09. The fourth-order valence-electron chi connectivity index (χ4n) is 1.75. The highest BCUT2D eigenvalue weighted by molar-refractivity contribution is 9.10. The maximum Gasteiger partial charge on any atom is 0.238 e. The predicted octanol–water partition coefficient (Wildman–Crippen LogP) is 4.08. The van der Waals surface area contributed by atoms with Gasteiger partial charge < -0.3 is 10.6 Å². The molecular formula is C15H13Br2FN2O. The van der Waals surface area contributed by atoms with E-state index in [0.29, 0.717) is 6.54 Å². The zero-order valence-electron chi connectivity index (χ0n) is 11.0. The summed E-state index contributed by atoms with van der Waals surface area (Å²) in [5.74, 6) is -0.456. The van der Waals surface area contributed by atoms with Crippen LogP contribution in [0.2, 0.25) is 0 Å². The van der Waals surface area contributed by atoms with Crippen molar-refractivity contribution in [2.24, 2.45) is 0 Å². The lowest BCUT2D eigenvalue weighted by molar-refractivity contribution is -0.115. The van der Waals surface area contributed by atoms with E-state index in [2.05, 4.69) is 42.5 Å². The first-order chi connectivity index (χ1) is 10.1. The Hall–Kier alpha value is -1.24. The van der Waals surface area contributed by atoms with Gasteiger partial charge in [-0.3, -0.25) is 4.79 Å². The highest BCUT2D eigenvalue weighted by atomic mass is 79.9.